The van der Waals surface area contributed by atoms with Crippen LogP contribution in [0.3, 0.4) is 0 Å². The molecule has 1 aromatic carbocycles. The number of fused-ring (bicyclic) bond motifs is 1. The van der Waals surface area contributed by atoms with Gasteiger partial charge in [0.15, 0.2) is 11.6 Å². The van der Waals surface area contributed by atoms with Crippen molar-refractivity contribution in [3.05, 3.63) is 71.1 Å². The van der Waals surface area contributed by atoms with E-state index in [0.717, 1.165) is 29.3 Å². The molecule has 3 rings (SSSR count). The Kier molecular flexibility index (Phi) is 2.25. The lowest BCUT2D eigenvalue weighted by atomic mass is 10.0. The smallest absolute Gasteiger partial charge is 0.159 e. The van der Waals surface area contributed by atoms with Gasteiger partial charge in [0.05, 0.1) is 5.69 Å². The van der Waals surface area contributed by atoms with Crippen molar-refractivity contribution in [2.75, 3.05) is 0 Å². The van der Waals surface area contributed by atoms with E-state index < -0.39 is 11.6 Å². The first-order chi connectivity index (χ1) is 8.25. The molecule has 1 aliphatic carbocycles. The normalized spacial score (nSPS) is 13.4. The predicted octanol–water partition coefficient (Wildman–Crippen LogP) is 3.35. The van der Waals surface area contributed by atoms with Crippen LogP contribution in [0.1, 0.15) is 16.8 Å². The molecule has 1 aliphatic rings. The molecular formula is C14H9F2N. The summed E-state index contributed by atoms with van der Waals surface area (Å²) in [4.78, 5) is 4.26. The molecule has 0 bridgehead atoms. The zero-order valence-electron chi connectivity index (χ0n) is 8.95. The second-order valence-corrected chi connectivity index (χ2v) is 3.95. The van der Waals surface area contributed by atoms with Crippen LogP contribution < -0.4 is 0 Å². The molecule has 1 aromatic heterocycles. The van der Waals surface area contributed by atoms with Gasteiger partial charge in [-0.3, -0.25) is 4.98 Å². The minimum atomic E-state index is -0.821. The van der Waals surface area contributed by atoms with E-state index in [9.17, 15) is 8.78 Å². The molecule has 1 nitrogen and oxygen atoms in total. The summed E-state index contributed by atoms with van der Waals surface area (Å²) in [6.07, 6.45) is 4.47. The molecule has 3 heteroatoms. The number of rotatable bonds is 1. The van der Waals surface area contributed by atoms with E-state index in [1.54, 1.807) is 12.3 Å². The Labute approximate surface area is 97.4 Å². The van der Waals surface area contributed by atoms with Crippen molar-refractivity contribution in [2.24, 2.45) is 0 Å². The van der Waals surface area contributed by atoms with Crippen LogP contribution in [0.5, 0.6) is 0 Å². The summed E-state index contributed by atoms with van der Waals surface area (Å²) in [5.74, 6) is -1.64. The molecule has 0 atom stereocenters. The number of pyridine rings is 1. The Morgan fingerprint density at radius 3 is 2.76 bits per heavy atom. The fourth-order valence-electron chi connectivity index (χ4n) is 2.09. The summed E-state index contributed by atoms with van der Waals surface area (Å²) in [6.45, 7) is 0. The molecule has 0 unspecified atom stereocenters. The van der Waals surface area contributed by atoms with E-state index in [4.69, 9.17) is 0 Å². The highest BCUT2D eigenvalue weighted by atomic mass is 19.2. The minimum absolute atomic E-state index is 0.690. The summed E-state index contributed by atoms with van der Waals surface area (Å²) in [5, 5.41) is 0. The largest absolute Gasteiger partial charge is 0.260 e. The Hall–Kier alpha value is -2.03. The summed E-state index contributed by atoms with van der Waals surface area (Å²) in [6, 6.07) is 7.76. The van der Waals surface area contributed by atoms with E-state index in [1.807, 2.05) is 18.2 Å². The van der Waals surface area contributed by atoms with Gasteiger partial charge in [0.25, 0.3) is 0 Å². The molecule has 0 N–H and O–H groups in total. The van der Waals surface area contributed by atoms with Gasteiger partial charge in [0, 0.05) is 18.2 Å². The summed E-state index contributed by atoms with van der Waals surface area (Å²) in [7, 11) is 0. The van der Waals surface area contributed by atoms with E-state index in [-0.39, 0.29) is 0 Å². The van der Waals surface area contributed by atoms with Gasteiger partial charge >= 0.3 is 0 Å². The number of halogens is 2. The maximum absolute atomic E-state index is 13.2. The fourth-order valence-corrected chi connectivity index (χ4v) is 2.09. The first-order valence-corrected chi connectivity index (χ1v) is 5.35. The zero-order valence-corrected chi connectivity index (χ0v) is 8.95. The quantitative estimate of drug-likeness (QED) is 0.730. The van der Waals surface area contributed by atoms with Crippen LogP contribution in [0, 0.1) is 11.6 Å². The highest BCUT2D eigenvalue weighted by molar-refractivity contribution is 5.83. The third kappa shape index (κ3) is 1.64. The molecule has 84 valence electrons. The van der Waals surface area contributed by atoms with E-state index in [0.29, 0.717) is 5.56 Å². The number of aromatic nitrogens is 1. The molecular weight excluding hydrogens is 220 g/mol. The molecule has 17 heavy (non-hydrogen) atoms. The third-order valence-corrected chi connectivity index (χ3v) is 2.91. The molecule has 1 heterocycles. The number of benzene rings is 1. The number of allylic oxidation sites excluding steroid dienone is 1. The van der Waals surface area contributed by atoms with Crippen LogP contribution in [0.2, 0.25) is 0 Å². The molecule has 0 amide bonds. The Balaban J connectivity index is 2.10. The van der Waals surface area contributed by atoms with Crippen LogP contribution in [-0.4, -0.2) is 4.98 Å². The Morgan fingerprint density at radius 2 is 1.94 bits per heavy atom. The maximum atomic E-state index is 13.2. The van der Waals surface area contributed by atoms with Crippen molar-refractivity contribution in [2.45, 2.75) is 6.42 Å². The van der Waals surface area contributed by atoms with Gasteiger partial charge in [0.1, 0.15) is 0 Å². The molecule has 2 aromatic rings. The topological polar surface area (TPSA) is 12.9 Å². The first-order valence-electron chi connectivity index (χ1n) is 5.35. The van der Waals surface area contributed by atoms with E-state index in [2.05, 4.69) is 4.98 Å². The first kappa shape index (κ1) is 10.1. The van der Waals surface area contributed by atoms with Crippen molar-refractivity contribution < 1.29 is 8.78 Å². The molecule has 0 radical (unpaired) electrons. The predicted molar refractivity (Wildman–Crippen MR) is 61.4 cm³/mol. The maximum Gasteiger partial charge on any atom is 0.159 e. The monoisotopic (exact) mass is 229 g/mol. The Bertz CT molecular complexity index is 617. The van der Waals surface area contributed by atoms with Crippen molar-refractivity contribution >= 4 is 5.57 Å². The van der Waals surface area contributed by atoms with E-state index >= 15 is 0 Å². The van der Waals surface area contributed by atoms with Gasteiger partial charge < -0.3 is 0 Å². The van der Waals surface area contributed by atoms with Crippen molar-refractivity contribution in [1.29, 1.82) is 0 Å². The standard InChI is InChI=1S/C14H9F2N/c15-12-5-3-9(8-13(12)16)10-4-6-14-11(10)2-1-7-17-14/h1-5,7-8H,6H2. The number of nitrogens with zero attached hydrogens (tertiary/aromatic N) is 1. The summed E-state index contributed by atoms with van der Waals surface area (Å²) in [5.41, 5.74) is 3.59. The molecule has 0 fully saturated rings. The SMILES string of the molecule is Fc1ccc(C2=CCc3ncccc32)cc1F. The highest BCUT2D eigenvalue weighted by Gasteiger charge is 2.17. The van der Waals surface area contributed by atoms with Crippen molar-refractivity contribution in [1.82, 2.24) is 4.98 Å². The zero-order chi connectivity index (χ0) is 11.8. The average Bonchev–Trinajstić information content (AvgIpc) is 2.76. The van der Waals surface area contributed by atoms with Crippen LogP contribution in [-0.2, 0) is 6.42 Å². The van der Waals surface area contributed by atoms with Crippen LogP contribution in [0.4, 0.5) is 8.78 Å². The molecule has 0 saturated heterocycles. The summed E-state index contributed by atoms with van der Waals surface area (Å²) >= 11 is 0. The van der Waals surface area contributed by atoms with Gasteiger partial charge in [-0.15, -0.1) is 0 Å². The average molecular weight is 229 g/mol. The summed E-state index contributed by atoms with van der Waals surface area (Å²) < 4.78 is 26.1. The van der Waals surface area contributed by atoms with Gasteiger partial charge in [-0.1, -0.05) is 18.2 Å². The highest BCUT2D eigenvalue weighted by Crippen LogP contribution is 2.31. The van der Waals surface area contributed by atoms with Gasteiger partial charge in [-0.2, -0.15) is 0 Å². The van der Waals surface area contributed by atoms with Gasteiger partial charge in [-0.25, -0.2) is 8.78 Å². The van der Waals surface area contributed by atoms with Crippen LogP contribution >= 0.6 is 0 Å². The van der Waals surface area contributed by atoms with Crippen molar-refractivity contribution in [3.8, 4) is 0 Å². The molecule has 0 spiro atoms. The van der Waals surface area contributed by atoms with E-state index in [1.165, 1.54) is 6.07 Å². The lowest BCUT2D eigenvalue weighted by Gasteiger charge is -2.05. The third-order valence-electron chi connectivity index (χ3n) is 2.91. The van der Waals surface area contributed by atoms with Crippen LogP contribution in [0.15, 0.2) is 42.6 Å². The Morgan fingerprint density at radius 1 is 1.06 bits per heavy atom. The second-order valence-electron chi connectivity index (χ2n) is 3.95. The molecule has 0 saturated carbocycles. The van der Waals surface area contributed by atoms with Crippen LogP contribution in [0.25, 0.3) is 5.57 Å². The lowest BCUT2D eigenvalue weighted by molar-refractivity contribution is 0.508. The van der Waals surface area contributed by atoms with Gasteiger partial charge in [0.2, 0.25) is 0 Å². The number of hydrogen-bond acceptors (Lipinski definition) is 1. The lowest BCUT2D eigenvalue weighted by Crippen LogP contribution is -1.91. The van der Waals surface area contributed by atoms with Gasteiger partial charge in [-0.05, 0) is 29.3 Å². The fraction of sp³-hybridized carbons (Fsp3) is 0.0714. The second kappa shape index (κ2) is 3.77. The van der Waals surface area contributed by atoms with Crippen molar-refractivity contribution in [3.63, 3.8) is 0 Å². The molecule has 0 aliphatic heterocycles. The number of hydrogen-bond donors (Lipinski definition) is 0. The minimum Gasteiger partial charge on any atom is -0.260 e.